The van der Waals surface area contributed by atoms with Crippen molar-refractivity contribution in [2.45, 2.75) is 32.7 Å². The number of ether oxygens (including phenoxy) is 2. The summed E-state index contributed by atoms with van der Waals surface area (Å²) in [6.07, 6.45) is 3.03. The molecular weight excluding hydrogens is 515 g/mol. The summed E-state index contributed by atoms with van der Waals surface area (Å²) in [5.74, 6) is 3.10. The predicted molar refractivity (Wildman–Crippen MR) is 131 cm³/mol. The molecule has 10 heteroatoms. The SMILES string of the molecule is Cc1nnc(CN=C(NCCCOCC2CCOC2)NCCc2cccs2)n1C.I. The number of aryl methyl sites for hydroxylation is 1. The molecule has 0 bridgehead atoms. The Hall–Kier alpha value is -1.24. The van der Waals surface area contributed by atoms with Gasteiger partial charge in [-0.1, -0.05) is 6.07 Å². The van der Waals surface area contributed by atoms with Gasteiger partial charge in [-0.25, -0.2) is 4.99 Å². The minimum Gasteiger partial charge on any atom is -0.381 e. The number of halogens is 1. The van der Waals surface area contributed by atoms with Gasteiger partial charge in [0, 0.05) is 44.1 Å². The summed E-state index contributed by atoms with van der Waals surface area (Å²) >= 11 is 1.78. The van der Waals surface area contributed by atoms with Gasteiger partial charge in [-0.2, -0.15) is 0 Å². The lowest BCUT2D eigenvalue weighted by molar-refractivity contribution is 0.0888. The zero-order valence-electron chi connectivity index (χ0n) is 17.8. The number of rotatable bonds is 11. The Morgan fingerprint density at radius 2 is 2.23 bits per heavy atom. The summed E-state index contributed by atoms with van der Waals surface area (Å²) in [5.41, 5.74) is 0. The van der Waals surface area contributed by atoms with Crippen molar-refractivity contribution in [1.29, 1.82) is 0 Å². The molecule has 2 aromatic heterocycles. The minimum atomic E-state index is 0. The Bertz CT molecular complexity index is 747. The number of aromatic nitrogens is 3. The summed E-state index contributed by atoms with van der Waals surface area (Å²) in [7, 11) is 1.96. The van der Waals surface area contributed by atoms with E-state index in [1.165, 1.54) is 4.88 Å². The Labute approximate surface area is 199 Å². The van der Waals surface area contributed by atoms with E-state index in [-0.39, 0.29) is 24.0 Å². The fraction of sp³-hybridized carbons (Fsp3) is 0.650. The zero-order chi connectivity index (χ0) is 20.3. The second-order valence-corrected chi connectivity index (χ2v) is 8.26. The fourth-order valence-corrected chi connectivity index (χ4v) is 3.73. The molecule has 0 saturated carbocycles. The first kappa shape index (κ1) is 25.0. The predicted octanol–water partition coefficient (Wildman–Crippen LogP) is 2.52. The summed E-state index contributed by atoms with van der Waals surface area (Å²) in [5, 5.41) is 17.2. The third-order valence-corrected chi connectivity index (χ3v) is 5.88. The largest absolute Gasteiger partial charge is 0.381 e. The van der Waals surface area contributed by atoms with Crippen molar-refractivity contribution in [3.8, 4) is 0 Å². The van der Waals surface area contributed by atoms with Gasteiger partial charge in [0.25, 0.3) is 0 Å². The van der Waals surface area contributed by atoms with E-state index in [0.29, 0.717) is 12.5 Å². The van der Waals surface area contributed by atoms with Gasteiger partial charge < -0.3 is 24.7 Å². The van der Waals surface area contributed by atoms with Gasteiger partial charge in [0.05, 0.1) is 13.2 Å². The number of nitrogens with zero attached hydrogens (tertiary/aromatic N) is 4. The molecule has 0 aromatic carbocycles. The van der Waals surface area contributed by atoms with Crippen LogP contribution in [0.4, 0.5) is 0 Å². The average Bonchev–Trinajstić information content (AvgIpc) is 3.48. The number of nitrogens with one attached hydrogen (secondary N) is 2. The van der Waals surface area contributed by atoms with Crippen molar-refractivity contribution < 1.29 is 9.47 Å². The highest BCUT2D eigenvalue weighted by Gasteiger charge is 2.15. The molecule has 1 fully saturated rings. The maximum absolute atomic E-state index is 5.78. The van der Waals surface area contributed by atoms with Crippen LogP contribution in [0.1, 0.15) is 29.4 Å². The van der Waals surface area contributed by atoms with E-state index < -0.39 is 0 Å². The van der Waals surface area contributed by atoms with Gasteiger partial charge in [-0.15, -0.1) is 45.5 Å². The smallest absolute Gasteiger partial charge is 0.191 e. The van der Waals surface area contributed by atoms with Crippen LogP contribution in [0.5, 0.6) is 0 Å². The van der Waals surface area contributed by atoms with E-state index in [0.717, 1.165) is 76.4 Å². The molecule has 8 nitrogen and oxygen atoms in total. The average molecular weight is 548 g/mol. The molecule has 1 saturated heterocycles. The monoisotopic (exact) mass is 548 g/mol. The van der Waals surface area contributed by atoms with Crippen molar-refractivity contribution in [2.75, 3.05) is 39.5 Å². The molecule has 1 atom stereocenters. The lowest BCUT2D eigenvalue weighted by Gasteiger charge is -2.13. The van der Waals surface area contributed by atoms with Crippen LogP contribution < -0.4 is 10.6 Å². The van der Waals surface area contributed by atoms with Gasteiger partial charge in [-0.05, 0) is 37.6 Å². The number of hydrogen-bond acceptors (Lipinski definition) is 6. The van der Waals surface area contributed by atoms with Gasteiger partial charge >= 0.3 is 0 Å². The third-order valence-electron chi connectivity index (χ3n) is 4.94. The molecule has 1 unspecified atom stereocenters. The molecular formula is C20H33IN6O2S. The zero-order valence-corrected chi connectivity index (χ0v) is 20.9. The maximum atomic E-state index is 5.78. The Balaban J connectivity index is 0.00000320. The number of guanidine groups is 1. The third kappa shape index (κ3) is 8.48. The van der Waals surface area contributed by atoms with E-state index in [9.17, 15) is 0 Å². The molecule has 2 aromatic rings. The molecule has 1 aliphatic rings. The lowest BCUT2D eigenvalue weighted by atomic mass is 10.1. The first-order chi connectivity index (χ1) is 14.2. The van der Waals surface area contributed by atoms with E-state index >= 15 is 0 Å². The molecule has 2 N–H and O–H groups in total. The Morgan fingerprint density at radius 3 is 2.93 bits per heavy atom. The highest BCUT2D eigenvalue weighted by atomic mass is 127. The van der Waals surface area contributed by atoms with Crippen molar-refractivity contribution in [1.82, 2.24) is 25.4 Å². The van der Waals surface area contributed by atoms with Gasteiger partial charge in [-0.3, -0.25) is 0 Å². The molecule has 0 amide bonds. The van der Waals surface area contributed by atoms with Crippen LogP contribution in [-0.2, 0) is 29.5 Å². The molecule has 1 aliphatic heterocycles. The van der Waals surface area contributed by atoms with Crippen molar-refractivity contribution >= 4 is 41.3 Å². The second-order valence-electron chi connectivity index (χ2n) is 7.23. The number of aliphatic imine (C=N–C) groups is 1. The number of thiophene rings is 1. The Kier molecular flexibility index (Phi) is 11.6. The molecule has 0 spiro atoms. The van der Waals surface area contributed by atoms with E-state index in [4.69, 9.17) is 9.47 Å². The van der Waals surface area contributed by atoms with Gasteiger partial charge in [0.2, 0.25) is 0 Å². The molecule has 0 radical (unpaired) electrons. The van der Waals surface area contributed by atoms with Crippen molar-refractivity contribution in [3.63, 3.8) is 0 Å². The molecule has 168 valence electrons. The van der Waals surface area contributed by atoms with Gasteiger partial charge in [0.15, 0.2) is 11.8 Å². The van der Waals surface area contributed by atoms with Crippen LogP contribution in [0.2, 0.25) is 0 Å². The summed E-state index contributed by atoms with van der Waals surface area (Å²) in [4.78, 5) is 6.05. The summed E-state index contributed by atoms with van der Waals surface area (Å²) < 4.78 is 13.1. The van der Waals surface area contributed by atoms with Crippen molar-refractivity contribution in [3.05, 3.63) is 34.0 Å². The van der Waals surface area contributed by atoms with Crippen LogP contribution >= 0.6 is 35.3 Å². The topological polar surface area (TPSA) is 85.6 Å². The van der Waals surface area contributed by atoms with Gasteiger partial charge in [0.1, 0.15) is 12.4 Å². The Morgan fingerprint density at radius 1 is 1.37 bits per heavy atom. The van der Waals surface area contributed by atoms with Crippen molar-refractivity contribution in [2.24, 2.45) is 18.0 Å². The summed E-state index contributed by atoms with van der Waals surface area (Å²) in [6, 6.07) is 4.24. The van der Waals surface area contributed by atoms with E-state index in [1.54, 1.807) is 11.3 Å². The van der Waals surface area contributed by atoms with Crippen LogP contribution in [0, 0.1) is 12.8 Å². The standard InChI is InChI=1S/C20H32N6O2S.HI/c1-16-24-25-19(26(16)2)13-23-20(22-9-6-18-5-3-12-29-18)21-8-4-10-27-14-17-7-11-28-15-17;/h3,5,12,17H,4,6-11,13-15H2,1-2H3,(H2,21,22,23);1H. The normalized spacial score (nSPS) is 16.5. The first-order valence-electron chi connectivity index (χ1n) is 10.3. The molecule has 3 heterocycles. The highest BCUT2D eigenvalue weighted by Crippen LogP contribution is 2.12. The first-order valence-corrected chi connectivity index (χ1v) is 11.1. The van der Waals surface area contributed by atoms with Crippen LogP contribution in [0.15, 0.2) is 22.5 Å². The highest BCUT2D eigenvalue weighted by molar-refractivity contribution is 14.0. The minimum absolute atomic E-state index is 0. The van der Waals surface area contributed by atoms with Crippen LogP contribution in [0.3, 0.4) is 0 Å². The van der Waals surface area contributed by atoms with E-state index in [2.05, 4.69) is 43.3 Å². The maximum Gasteiger partial charge on any atom is 0.191 e. The molecule has 30 heavy (non-hydrogen) atoms. The fourth-order valence-electron chi connectivity index (χ4n) is 3.02. The quantitative estimate of drug-likeness (QED) is 0.194. The molecule has 3 rings (SSSR count). The second kappa shape index (κ2) is 13.9. The van der Waals surface area contributed by atoms with Crippen LogP contribution in [-0.4, -0.2) is 60.2 Å². The van der Waals surface area contributed by atoms with Crippen LogP contribution in [0.25, 0.3) is 0 Å². The lowest BCUT2D eigenvalue weighted by Crippen LogP contribution is -2.39. The molecule has 0 aliphatic carbocycles. The number of hydrogen-bond donors (Lipinski definition) is 2. The summed E-state index contributed by atoms with van der Waals surface area (Å²) in [6.45, 7) is 7.33. The van der Waals surface area contributed by atoms with E-state index in [1.807, 2.05) is 18.5 Å².